The standard InChI is InChI=1S/C15H25N3O2/c1-3-20-10-9-17-15(16-2)18-11-14(12-19)13-7-5-4-6-8-13/h4-8,14,19H,3,9-12H2,1-2H3,(H2,16,17,18). The molecule has 0 radical (unpaired) electrons. The molecule has 1 rings (SSSR count). The normalized spacial score (nSPS) is 13.1. The Kier molecular flexibility index (Phi) is 8.42. The lowest BCUT2D eigenvalue weighted by atomic mass is 10.0. The Bertz CT molecular complexity index is 382. The fourth-order valence-electron chi connectivity index (χ4n) is 1.84. The van der Waals surface area contributed by atoms with Gasteiger partial charge in [0.05, 0.1) is 13.2 Å². The van der Waals surface area contributed by atoms with Crippen molar-refractivity contribution in [2.75, 3.05) is 40.0 Å². The number of nitrogens with one attached hydrogen (secondary N) is 2. The van der Waals surface area contributed by atoms with E-state index < -0.39 is 0 Å². The molecule has 1 aromatic carbocycles. The number of hydrogen-bond donors (Lipinski definition) is 3. The molecule has 0 spiro atoms. The number of benzene rings is 1. The third-order valence-electron chi connectivity index (χ3n) is 2.97. The summed E-state index contributed by atoms with van der Waals surface area (Å²) in [6, 6.07) is 9.97. The van der Waals surface area contributed by atoms with Crippen molar-refractivity contribution >= 4 is 5.96 Å². The highest BCUT2D eigenvalue weighted by Gasteiger charge is 2.10. The van der Waals surface area contributed by atoms with E-state index >= 15 is 0 Å². The van der Waals surface area contributed by atoms with Crippen molar-refractivity contribution in [1.82, 2.24) is 10.6 Å². The van der Waals surface area contributed by atoms with Gasteiger partial charge in [0.15, 0.2) is 5.96 Å². The van der Waals surface area contributed by atoms with E-state index in [1.807, 2.05) is 37.3 Å². The Morgan fingerprint density at radius 2 is 2.05 bits per heavy atom. The van der Waals surface area contributed by atoms with Gasteiger partial charge in [-0.05, 0) is 12.5 Å². The second-order valence-electron chi connectivity index (χ2n) is 4.37. The lowest BCUT2D eigenvalue weighted by Gasteiger charge is -2.18. The number of rotatable bonds is 8. The van der Waals surface area contributed by atoms with E-state index in [0.29, 0.717) is 26.3 Å². The van der Waals surface area contributed by atoms with Crippen molar-refractivity contribution in [1.29, 1.82) is 0 Å². The smallest absolute Gasteiger partial charge is 0.191 e. The topological polar surface area (TPSA) is 65.9 Å². The lowest BCUT2D eigenvalue weighted by Crippen LogP contribution is -2.41. The van der Waals surface area contributed by atoms with E-state index in [9.17, 15) is 5.11 Å². The minimum atomic E-state index is 0.0571. The number of nitrogens with zero attached hydrogens (tertiary/aromatic N) is 1. The predicted octanol–water partition coefficient (Wildman–Crippen LogP) is 0.964. The van der Waals surface area contributed by atoms with Gasteiger partial charge in [-0.15, -0.1) is 0 Å². The summed E-state index contributed by atoms with van der Waals surface area (Å²) in [6.07, 6.45) is 0. The molecule has 0 bridgehead atoms. The van der Waals surface area contributed by atoms with Crippen molar-refractivity contribution in [2.24, 2.45) is 4.99 Å². The summed E-state index contributed by atoms with van der Waals surface area (Å²) < 4.78 is 5.26. The Balaban J connectivity index is 2.38. The van der Waals surface area contributed by atoms with Crippen LogP contribution < -0.4 is 10.6 Å². The maximum Gasteiger partial charge on any atom is 0.191 e. The molecular formula is C15H25N3O2. The van der Waals surface area contributed by atoms with Gasteiger partial charge in [-0.2, -0.15) is 0 Å². The molecule has 0 saturated heterocycles. The summed E-state index contributed by atoms with van der Waals surface area (Å²) in [5.41, 5.74) is 1.12. The lowest BCUT2D eigenvalue weighted by molar-refractivity contribution is 0.152. The van der Waals surface area contributed by atoms with Gasteiger partial charge in [-0.3, -0.25) is 4.99 Å². The molecule has 0 amide bonds. The van der Waals surface area contributed by atoms with Crippen LogP contribution in [0.4, 0.5) is 0 Å². The Hall–Kier alpha value is -1.59. The largest absolute Gasteiger partial charge is 0.396 e. The first-order valence-corrected chi connectivity index (χ1v) is 6.99. The van der Waals surface area contributed by atoms with Gasteiger partial charge in [0.2, 0.25) is 0 Å². The number of aliphatic hydroxyl groups excluding tert-OH is 1. The number of aliphatic hydroxyl groups is 1. The van der Waals surface area contributed by atoms with Crippen molar-refractivity contribution in [3.8, 4) is 0 Å². The number of ether oxygens (including phenoxy) is 1. The van der Waals surface area contributed by atoms with E-state index in [2.05, 4.69) is 15.6 Å². The van der Waals surface area contributed by atoms with Crippen LogP contribution >= 0.6 is 0 Å². The van der Waals surface area contributed by atoms with Gasteiger partial charge < -0.3 is 20.5 Å². The van der Waals surface area contributed by atoms with Crippen LogP contribution in [0.2, 0.25) is 0 Å². The minimum Gasteiger partial charge on any atom is -0.396 e. The van der Waals surface area contributed by atoms with E-state index in [1.165, 1.54) is 0 Å². The first kappa shape index (κ1) is 16.5. The molecule has 112 valence electrons. The summed E-state index contributed by atoms with van der Waals surface area (Å²) in [6.45, 7) is 4.79. The highest BCUT2D eigenvalue weighted by atomic mass is 16.5. The first-order valence-electron chi connectivity index (χ1n) is 6.99. The highest BCUT2D eigenvalue weighted by Crippen LogP contribution is 2.13. The summed E-state index contributed by atoms with van der Waals surface area (Å²) >= 11 is 0. The maximum absolute atomic E-state index is 9.49. The number of hydrogen-bond acceptors (Lipinski definition) is 3. The molecule has 0 aliphatic heterocycles. The van der Waals surface area contributed by atoms with Crippen LogP contribution in [0.15, 0.2) is 35.3 Å². The first-order chi connectivity index (χ1) is 9.81. The SMILES string of the molecule is CCOCCNC(=NC)NCC(CO)c1ccccc1. The quantitative estimate of drug-likeness (QED) is 0.377. The van der Waals surface area contributed by atoms with Crippen molar-refractivity contribution in [3.63, 3.8) is 0 Å². The average Bonchev–Trinajstić information content (AvgIpc) is 2.51. The Labute approximate surface area is 121 Å². The van der Waals surface area contributed by atoms with Crippen molar-refractivity contribution in [2.45, 2.75) is 12.8 Å². The molecule has 0 aromatic heterocycles. The van der Waals surface area contributed by atoms with Crippen LogP contribution in [0.3, 0.4) is 0 Å². The van der Waals surface area contributed by atoms with E-state index in [-0.39, 0.29) is 12.5 Å². The molecule has 0 saturated carbocycles. The fourth-order valence-corrected chi connectivity index (χ4v) is 1.84. The molecule has 0 aliphatic carbocycles. The van der Waals surface area contributed by atoms with Crippen LogP contribution in [-0.2, 0) is 4.74 Å². The Morgan fingerprint density at radius 1 is 1.30 bits per heavy atom. The zero-order chi connectivity index (χ0) is 14.6. The van der Waals surface area contributed by atoms with E-state index in [1.54, 1.807) is 7.05 Å². The average molecular weight is 279 g/mol. The van der Waals surface area contributed by atoms with Crippen molar-refractivity contribution in [3.05, 3.63) is 35.9 Å². The van der Waals surface area contributed by atoms with Gasteiger partial charge in [0.1, 0.15) is 0 Å². The summed E-state index contributed by atoms with van der Waals surface area (Å²) in [7, 11) is 1.73. The molecule has 0 fully saturated rings. The molecule has 5 nitrogen and oxygen atoms in total. The number of aliphatic imine (C=N–C) groups is 1. The summed E-state index contributed by atoms with van der Waals surface area (Å²) in [5, 5.41) is 15.9. The van der Waals surface area contributed by atoms with Gasteiger partial charge in [-0.25, -0.2) is 0 Å². The molecule has 3 N–H and O–H groups in total. The zero-order valence-corrected chi connectivity index (χ0v) is 12.3. The van der Waals surface area contributed by atoms with E-state index in [0.717, 1.165) is 11.5 Å². The molecule has 1 aromatic rings. The third-order valence-corrected chi connectivity index (χ3v) is 2.97. The zero-order valence-electron chi connectivity index (χ0n) is 12.3. The molecule has 0 aliphatic rings. The van der Waals surface area contributed by atoms with Crippen LogP contribution in [0, 0.1) is 0 Å². The molecular weight excluding hydrogens is 254 g/mol. The maximum atomic E-state index is 9.49. The number of guanidine groups is 1. The second-order valence-corrected chi connectivity index (χ2v) is 4.37. The highest BCUT2D eigenvalue weighted by molar-refractivity contribution is 5.79. The van der Waals surface area contributed by atoms with Crippen LogP contribution in [0.5, 0.6) is 0 Å². The molecule has 1 unspecified atom stereocenters. The Morgan fingerprint density at radius 3 is 2.65 bits per heavy atom. The second kappa shape index (κ2) is 10.2. The summed E-state index contributed by atoms with van der Waals surface area (Å²) in [4.78, 5) is 4.14. The van der Waals surface area contributed by atoms with E-state index in [4.69, 9.17) is 4.74 Å². The fraction of sp³-hybridized carbons (Fsp3) is 0.533. The summed E-state index contributed by atoms with van der Waals surface area (Å²) in [5.74, 6) is 0.778. The molecule has 20 heavy (non-hydrogen) atoms. The van der Waals surface area contributed by atoms with Gasteiger partial charge >= 0.3 is 0 Å². The van der Waals surface area contributed by atoms with Crippen molar-refractivity contribution < 1.29 is 9.84 Å². The molecule has 1 atom stereocenters. The third kappa shape index (κ3) is 6.04. The van der Waals surface area contributed by atoms with Crippen LogP contribution in [-0.4, -0.2) is 51.0 Å². The van der Waals surface area contributed by atoms with Crippen LogP contribution in [0.25, 0.3) is 0 Å². The van der Waals surface area contributed by atoms with Gasteiger partial charge in [0, 0.05) is 32.7 Å². The molecule has 0 heterocycles. The predicted molar refractivity (Wildman–Crippen MR) is 82.1 cm³/mol. The van der Waals surface area contributed by atoms with Crippen LogP contribution in [0.1, 0.15) is 18.4 Å². The molecule has 5 heteroatoms. The monoisotopic (exact) mass is 279 g/mol. The van der Waals surface area contributed by atoms with Gasteiger partial charge in [0.25, 0.3) is 0 Å². The van der Waals surface area contributed by atoms with Gasteiger partial charge in [-0.1, -0.05) is 30.3 Å². The minimum absolute atomic E-state index is 0.0571.